The Bertz CT molecular complexity index is 1200. The summed E-state index contributed by atoms with van der Waals surface area (Å²) in [7, 11) is 0.0534. The van der Waals surface area contributed by atoms with Gasteiger partial charge in [-0.25, -0.2) is 13.4 Å². The first-order chi connectivity index (χ1) is 15.4. The lowest BCUT2D eigenvalue weighted by atomic mass is 9.96. The van der Waals surface area contributed by atoms with Crippen molar-refractivity contribution in [2.75, 3.05) is 18.1 Å². The number of nitrogens with zero attached hydrogens (tertiary/aromatic N) is 3. The highest BCUT2D eigenvalue weighted by Crippen LogP contribution is 2.27. The van der Waals surface area contributed by atoms with Gasteiger partial charge in [0, 0.05) is 25.8 Å². The number of sulfonamides is 1. The van der Waals surface area contributed by atoms with Crippen LogP contribution >= 0.6 is 11.8 Å². The van der Waals surface area contributed by atoms with Crippen molar-refractivity contribution in [2.45, 2.75) is 48.2 Å². The van der Waals surface area contributed by atoms with E-state index in [2.05, 4.69) is 10.3 Å². The number of fused-ring (bicyclic) bond motifs is 1. The van der Waals surface area contributed by atoms with Crippen LogP contribution in [-0.2, 0) is 21.9 Å². The first-order valence-corrected chi connectivity index (χ1v) is 13.2. The number of benzene rings is 2. The highest BCUT2D eigenvalue weighted by Gasteiger charge is 2.28. The molecule has 32 heavy (non-hydrogen) atoms. The highest BCUT2D eigenvalue weighted by atomic mass is 32.2. The van der Waals surface area contributed by atoms with E-state index in [9.17, 15) is 13.2 Å². The number of carbonyl (C=O) groups excluding carboxylic acids is 1. The van der Waals surface area contributed by atoms with Crippen molar-refractivity contribution in [2.24, 2.45) is 7.05 Å². The average molecular weight is 473 g/mol. The lowest BCUT2D eigenvalue weighted by molar-refractivity contribution is -0.113. The fourth-order valence-electron chi connectivity index (χ4n) is 4.10. The quantitative estimate of drug-likeness (QED) is 0.520. The molecule has 1 N–H and O–H groups in total. The number of aryl methyl sites for hydroxylation is 1. The molecule has 0 saturated heterocycles. The molecule has 1 amide bonds. The number of para-hydroxylation sites is 2. The molecular weight excluding hydrogens is 444 g/mol. The molecule has 4 rings (SSSR count). The van der Waals surface area contributed by atoms with Crippen LogP contribution in [0.3, 0.4) is 0 Å². The molecule has 0 aliphatic heterocycles. The minimum Gasteiger partial charge on any atom is -0.325 e. The Balaban J connectivity index is 1.36. The topological polar surface area (TPSA) is 84.3 Å². The van der Waals surface area contributed by atoms with E-state index >= 15 is 0 Å². The van der Waals surface area contributed by atoms with Gasteiger partial charge < -0.3 is 9.88 Å². The number of rotatable bonds is 7. The maximum atomic E-state index is 13.0. The third-order valence-corrected chi connectivity index (χ3v) is 8.94. The van der Waals surface area contributed by atoms with Crippen molar-refractivity contribution in [3.8, 4) is 0 Å². The van der Waals surface area contributed by atoms with Crippen LogP contribution < -0.4 is 5.32 Å². The number of anilines is 1. The second-order valence-electron chi connectivity index (χ2n) is 8.12. The second-order valence-corrected chi connectivity index (χ2v) is 11.1. The summed E-state index contributed by atoms with van der Waals surface area (Å²) in [5, 5.41) is 3.60. The maximum absolute atomic E-state index is 13.0. The van der Waals surface area contributed by atoms with Crippen LogP contribution in [-0.4, -0.2) is 47.0 Å². The summed E-state index contributed by atoms with van der Waals surface area (Å²) in [5.41, 5.74) is 2.48. The summed E-state index contributed by atoms with van der Waals surface area (Å²) in [5.74, 6) is 0.0405. The Morgan fingerprint density at radius 1 is 1.12 bits per heavy atom. The predicted octanol–water partition coefficient (Wildman–Crippen LogP) is 4.26. The molecule has 7 nitrogen and oxygen atoms in total. The van der Waals surface area contributed by atoms with Crippen LogP contribution in [0, 0.1) is 0 Å². The fourth-order valence-corrected chi connectivity index (χ4v) is 6.30. The lowest BCUT2D eigenvalue weighted by Gasteiger charge is -2.30. The van der Waals surface area contributed by atoms with Crippen LogP contribution in [0.15, 0.2) is 58.6 Å². The maximum Gasteiger partial charge on any atom is 0.243 e. The highest BCUT2D eigenvalue weighted by molar-refractivity contribution is 7.99. The van der Waals surface area contributed by atoms with Gasteiger partial charge in [-0.15, -0.1) is 0 Å². The van der Waals surface area contributed by atoms with Gasteiger partial charge in [-0.3, -0.25) is 4.79 Å². The van der Waals surface area contributed by atoms with Crippen molar-refractivity contribution in [1.82, 2.24) is 13.9 Å². The number of nitrogens with one attached hydrogen (secondary N) is 1. The number of aromatic nitrogens is 2. The van der Waals surface area contributed by atoms with Gasteiger partial charge in [0.15, 0.2) is 5.16 Å². The molecule has 3 aromatic rings. The molecule has 0 atom stereocenters. The van der Waals surface area contributed by atoms with Gasteiger partial charge >= 0.3 is 0 Å². The molecule has 0 radical (unpaired) electrons. The van der Waals surface area contributed by atoms with E-state index in [0.717, 1.165) is 41.9 Å². The monoisotopic (exact) mass is 472 g/mol. The van der Waals surface area contributed by atoms with Gasteiger partial charge in [-0.05, 0) is 49.2 Å². The number of carbonyl (C=O) groups is 1. The van der Waals surface area contributed by atoms with E-state index in [-0.39, 0.29) is 22.6 Å². The van der Waals surface area contributed by atoms with E-state index in [0.29, 0.717) is 5.69 Å². The Morgan fingerprint density at radius 2 is 1.81 bits per heavy atom. The lowest BCUT2D eigenvalue weighted by Crippen LogP contribution is -2.38. The summed E-state index contributed by atoms with van der Waals surface area (Å²) >= 11 is 1.36. The zero-order valence-electron chi connectivity index (χ0n) is 18.3. The molecule has 0 bridgehead atoms. The van der Waals surface area contributed by atoms with E-state index < -0.39 is 10.0 Å². The van der Waals surface area contributed by atoms with Crippen molar-refractivity contribution in [3.05, 3.63) is 48.5 Å². The third-order valence-electron chi connectivity index (χ3n) is 5.98. The number of imidazole rings is 1. The molecule has 170 valence electrons. The SMILES string of the molecule is CN(C1CCCCC1)S(=O)(=O)c1ccc(NC(=O)CSc2nc3ccccc3n2C)cc1. The normalized spacial score (nSPS) is 15.3. The first-order valence-electron chi connectivity index (χ1n) is 10.8. The third kappa shape index (κ3) is 4.84. The number of thioether (sulfide) groups is 1. The van der Waals surface area contributed by atoms with Crippen molar-refractivity contribution in [3.63, 3.8) is 0 Å². The molecule has 0 spiro atoms. The van der Waals surface area contributed by atoms with Crippen LogP contribution in [0.4, 0.5) is 5.69 Å². The fraction of sp³-hybridized carbons (Fsp3) is 0.391. The smallest absolute Gasteiger partial charge is 0.243 e. The molecule has 1 aliphatic carbocycles. The largest absolute Gasteiger partial charge is 0.325 e. The van der Waals surface area contributed by atoms with E-state index in [1.807, 2.05) is 35.9 Å². The Labute approximate surface area is 193 Å². The molecule has 1 fully saturated rings. The van der Waals surface area contributed by atoms with Crippen LogP contribution in [0.5, 0.6) is 0 Å². The summed E-state index contributed by atoms with van der Waals surface area (Å²) in [6.45, 7) is 0. The molecule has 1 saturated carbocycles. The number of hydrogen-bond acceptors (Lipinski definition) is 5. The summed E-state index contributed by atoms with van der Waals surface area (Å²) in [6.07, 6.45) is 5.14. The molecule has 1 aromatic heterocycles. The predicted molar refractivity (Wildman–Crippen MR) is 128 cm³/mol. The minimum absolute atomic E-state index is 0.0629. The molecule has 2 aromatic carbocycles. The molecular formula is C23H28N4O3S2. The summed E-state index contributed by atoms with van der Waals surface area (Å²) in [4.78, 5) is 17.2. The Morgan fingerprint density at radius 3 is 2.50 bits per heavy atom. The van der Waals surface area contributed by atoms with Crippen molar-refractivity contribution >= 4 is 44.4 Å². The summed E-state index contributed by atoms with van der Waals surface area (Å²) in [6, 6.07) is 14.3. The van der Waals surface area contributed by atoms with Crippen molar-refractivity contribution < 1.29 is 13.2 Å². The van der Waals surface area contributed by atoms with Crippen molar-refractivity contribution in [1.29, 1.82) is 0 Å². The Kier molecular flexibility index (Phi) is 6.88. The van der Waals surface area contributed by atoms with Gasteiger partial charge in [-0.1, -0.05) is 43.2 Å². The van der Waals surface area contributed by atoms with Crippen LogP contribution in [0.1, 0.15) is 32.1 Å². The zero-order valence-corrected chi connectivity index (χ0v) is 20.0. The van der Waals surface area contributed by atoms with Crippen LogP contribution in [0.2, 0.25) is 0 Å². The molecule has 9 heteroatoms. The minimum atomic E-state index is -3.54. The average Bonchev–Trinajstić information content (AvgIpc) is 3.14. The molecule has 0 unspecified atom stereocenters. The van der Waals surface area contributed by atoms with E-state index in [1.165, 1.54) is 22.5 Å². The van der Waals surface area contributed by atoms with E-state index in [1.54, 1.807) is 31.3 Å². The zero-order chi connectivity index (χ0) is 22.7. The second kappa shape index (κ2) is 9.64. The molecule has 1 heterocycles. The van der Waals surface area contributed by atoms with E-state index in [4.69, 9.17) is 0 Å². The van der Waals surface area contributed by atoms with Gasteiger partial charge in [0.2, 0.25) is 15.9 Å². The first kappa shape index (κ1) is 22.8. The van der Waals surface area contributed by atoms with Gasteiger partial charge in [0.25, 0.3) is 0 Å². The Hall–Kier alpha value is -2.36. The number of amides is 1. The van der Waals surface area contributed by atoms with Gasteiger partial charge in [0.05, 0.1) is 21.7 Å². The molecule has 1 aliphatic rings. The number of hydrogen-bond donors (Lipinski definition) is 1. The standard InChI is InChI=1S/C23H28N4O3S2/c1-26-21-11-7-6-10-20(21)25-23(26)31-16-22(28)24-17-12-14-19(15-13-17)32(29,30)27(2)18-8-4-3-5-9-18/h6-7,10-15,18H,3-5,8-9,16H2,1-2H3,(H,24,28). The van der Waals surface area contributed by atoms with Crippen LogP contribution in [0.25, 0.3) is 11.0 Å². The summed E-state index contributed by atoms with van der Waals surface area (Å²) < 4.78 is 29.4. The van der Waals surface area contributed by atoms with Gasteiger partial charge in [-0.2, -0.15) is 4.31 Å². The van der Waals surface area contributed by atoms with Gasteiger partial charge in [0.1, 0.15) is 0 Å².